The van der Waals surface area contributed by atoms with Crippen LogP contribution in [0.2, 0.25) is 0 Å². The highest BCUT2D eigenvalue weighted by molar-refractivity contribution is 6.08. The highest BCUT2D eigenvalue weighted by Gasteiger charge is 2.45. The minimum absolute atomic E-state index is 0.0471. The van der Waals surface area contributed by atoms with Crippen LogP contribution in [0.5, 0.6) is 23.0 Å². The van der Waals surface area contributed by atoms with Crippen molar-refractivity contribution < 1.29 is 58.8 Å². The van der Waals surface area contributed by atoms with Gasteiger partial charge in [0.25, 0.3) is 0 Å². The van der Waals surface area contributed by atoms with Crippen molar-refractivity contribution in [2.24, 2.45) is 0 Å². The standard InChI is InChI=1S/C33H38O13/c1-2-3-4-5-6-7-8-9-21-18(14-34)24-17(10-11-19(37)31(24)43-21)30-32(27(40)25-20(38)12-16(36)13-22(25)44-30)46-33-29(42)28(41)26(39)23(15-35)45-33/h10-14,23,26,28-29,33,35-39,41-42H,2-9,15H2,1H3/t23-,26+,28+,29-,33+/m0/s1. The second-order valence-corrected chi connectivity index (χ2v) is 11.5. The fourth-order valence-electron chi connectivity index (χ4n) is 5.84. The zero-order chi connectivity index (χ0) is 33.1. The number of rotatable bonds is 13. The lowest BCUT2D eigenvalue weighted by atomic mass is 9.98. The molecule has 3 heterocycles. The molecule has 1 aliphatic rings. The fraction of sp³-hybridized carbons (Fsp3) is 0.455. The second kappa shape index (κ2) is 14.1. The average Bonchev–Trinajstić information content (AvgIpc) is 3.41. The number of hydrogen-bond donors (Lipinski definition) is 7. The number of aldehydes is 1. The summed E-state index contributed by atoms with van der Waals surface area (Å²) in [4.78, 5) is 26.4. The molecule has 7 N–H and O–H groups in total. The quantitative estimate of drug-likeness (QED) is 0.0819. The summed E-state index contributed by atoms with van der Waals surface area (Å²) in [6.45, 7) is 1.38. The van der Waals surface area contributed by atoms with Gasteiger partial charge in [-0.3, -0.25) is 9.59 Å². The molecule has 0 aliphatic carbocycles. The number of benzene rings is 2. The van der Waals surface area contributed by atoms with E-state index in [2.05, 4.69) is 6.92 Å². The van der Waals surface area contributed by atoms with Gasteiger partial charge >= 0.3 is 0 Å². The van der Waals surface area contributed by atoms with Crippen LogP contribution < -0.4 is 10.2 Å². The number of aliphatic hydroxyl groups is 4. The Hall–Kier alpha value is -4.14. The van der Waals surface area contributed by atoms with E-state index < -0.39 is 65.4 Å². The number of ether oxygens (including phenoxy) is 2. The molecule has 248 valence electrons. The smallest absolute Gasteiger partial charge is 0.239 e. The van der Waals surface area contributed by atoms with Gasteiger partial charge < -0.3 is 54.1 Å². The highest BCUT2D eigenvalue weighted by atomic mass is 16.7. The second-order valence-electron chi connectivity index (χ2n) is 11.5. The van der Waals surface area contributed by atoms with E-state index in [1.54, 1.807) is 0 Å². The monoisotopic (exact) mass is 642 g/mol. The largest absolute Gasteiger partial charge is 0.508 e. The van der Waals surface area contributed by atoms with E-state index >= 15 is 0 Å². The van der Waals surface area contributed by atoms with Crippen molar-refractivity contribution in [1.29, 1.82) is 0 Å². The SMILES string of the molecule is CCCCCCCCCc1oc2c(O)ccc(-c3oc4cc(O)cc(O)c4c(=O)c3O[C@H]3O[C@@H](CO)[C@@H](O)[C@@H](O)[C@@H]3O)c2c1C=O. The van der Waals surface area contributed by atoms with Crippen LogP contribution in [0.1, 0.15) is 68.0 Å². The molecule has 0 unspecified atom stereocenters. The maximum Gasteiger partial charge on any atom is 0.239 e. The van der Waals surface area contributed by atoms with Crippen LogP contribution in [0.4, 0.5) is 0 Å². The third-order valence-corrected chi connectivity index (χ3v) is 8.30. The van der Waals surface area contributed by atoms with Crippen LogP contribution in [0.15, 0.2) is 37.9 Å². The average molecular weight is 643 g/mol. The summed E-state index contributed by atoms with van der Waals surface area (Å²) in [5.74, 6) is -2.05. The Morgan fingerprint density at radius 2 is 1.59 bits per heavy atom. The Bertz CT molecular complexity index is 1750. The number of carbonyl (C=O) groups excluding carboxylic acids is 1. The molecule has 0 radical (unpaired) electrons. The maximum absolute atomic E-state index is 13.9. The lowest BCUT2D eigenvalue weighted by Gasteiger charge is -2.39. The zero-order valence-corrected chi connectivity index (χ0v) is 25.2. The molecule has 1 fully saturated rings. The molecule has 2 aromatic heterocycles. The van der Waals surface area contributed by atoms with Crippen molar-refractivity contribution in [3.63, 3.8) is 0 Å². The molecule has 0 saturated carbocycles. The predicted octanol–water partition coefficient (Wildman–Crippen LogP) is 3.61. The van der Waals surface area contributed by atoms with Crippen LogP contribution >= 0.6 is 0 Å². The third kappa shape index (κ3) is 6.29. The first kappa shape index (κ1) is 33.2. The van der Waals surface area contributed by atoms with E-state index in [0.29, 0.717) is 18.5 Å². The summed E-state index contributed by atoms with van der Waals surface area (Å²) >= 11 is 0. The Morgan fingerprint density at radius 3 is 2.28 bits per heavy atom. The molecule has 13 nitrogen and oxygen atoms in total. The van der Waals surface area contributed by atoms with Crippen molar-refractivity contribution in [3.8, 4) is 34.3 Å². The van der Waals surface area contributed by atoms with Gasteiger partial charge in [0.15, 0.2) is 23.4 Å². The lowest BCUT2D eigenvalue weighted by molar-refractivity contribution is -0.277. The van der Waals surface area contributed by atoms with Gasteiger partial charge in [0.1, 0.15) is 52.6 Å². The van der Waals surface area contributed by atoms with Crippen LogP contribution in [0, 0.1) is 0 Å². The molecule has 0 bridgehead atoms. The van der Waals surface area contributed by atoms with Gasteiger partial charge in [-0.2, -0.15) is 0 Å². The number of furan rings is 1. The van der Waals surface area contributed by atoms with E-state index in [4.69, 9.17) is 18.3 Å². The first-order chi connectivity index (χ1) is 22.1. The summed E-state index contributed by atoms with van der Waals surface area (Å²) in [6.07, 6.45) is -0.438. The van der Waals surface area contributed by atoms with Gasteiger partial charge in [-0.15, -0.1) is 0 Å². The lowest BCUT2D eigenvalue weighted by Crippen LogP contribution is -2.60. The van der Waals surface area contributed by atoms with E-state index in [-0.39, 0.29) is 39.2 Å². The molecule has 5 rings (SSSR count). The molecule has 0 amide bonds. The molecular weight excluding hydrogens is 604 g/mol. The molecule has 0 spiro atoms. The molecule has 4 aromatic rings. The van der Waals surface area contributed by atoms with Gasteiger partial charge in [0.05, 0.1) is 12.2 Å². The topological polar surface area (TPSA) is 220 Å². The van der Waals surface area contributed by atoms with Crippen molar-refractivity contribution in [2.75, 3.05) is 6.61 Å². The summed E-state index contributed by atoms with van der Waals surface area (Å²) < 4.78 is 23.2. The maximum atomic E-state index is 13.9. The normalized spacial score (nSPS) is 21.6. The first-order valence-corrected chi connectivity index (χ1v) is 15.3. The highest BCUT2D eigenvalue weighted by Crippen LogP contribution is 2.44. The minimum atomic E-state index is -1.90. The van der Waals surface area contributed by atoms with Crippen LogP contribution in [-0.4, -0.2) is 79.3 Å². The number of phenolic OH excluding ortho intramolecular Hbond substituents is 3. The Labute approximate surface area is 262 Å². The summed E-state index contributed by atoms with van der Waals surface area (Å²) in [5, 5.41) is 71.9. The predicted molar refractivity (Wildman–Crippen MR) is 164 cm³/mol. The van der Waals surface area contributed by atoms with Crippen LogP contribution in [0.25, 0.3) is 33.3 Å². The number of hydrogen-bond acceptors (Lipinski definition) is 13. The van der Waals surface area contributed by atoms with Gasteiger partial charge in [-0.05, 0) is 18.6 Å². The molecule has 13 heteroatoms. The van der Waals surface area contributed by atoms with Crippen LogP contribution in [-0.2, 0) is 11.2 Å². The Kier molecular flexibility index (Phi) is 10.2. The van der Waals surface area contributed by atoms with Gasteiger partial charge in [-0.1, -0.05) is 45.4 Å². The minimum Gasteiger partial charge on any atom is -0.508 e. The molecule has 2 aromatic carbocycles. The van der Waals surface area contributed by atoms with E-state index in [9.17, 15) is 45.3 Å². The number of carbonyl (C=O) groups is 1. The number of fused-ring (bicyclic) bond motifs is 2. The van der Waals surface area contributed by atoms with Crippen LogP contribution in [0.3, 0.4) is 0 Å². The molecule has 1 saturated heterocycles. The Morgan fingerprint density at radius 1 is 0.870 bits per heavy atom. The number of aryl methyl sites for hydroxylation is 1. The van der Waals surface area contributed by atoms with Crippen molar-refractivity contribution in [2.45, 2.75) is 89.0 Å². The van der Waals surface area contributed by atoms with Gasteiger partial charge in [-0.25, -0.2) is 0 Å². The zero-order valence-electron chi connectivity index (χ0n) is 25.2. The molecule has 46 heavy (non-hydrogen) atoms. The van der Waals surface area contributed by atoms with Crippen molar-refractivity contribution >= 4 is 28.2 Å². The molecule has 5 atom stereocenters. The summed E-state index contributed by atoms with van der Waals surface area (Å²) in [6, 6.07) is 4.60. The van der Waals surface area contributed by atoms with Gasteiger partial charge in [0.2, 0.25) is 17.5 Å². The number of aliphatic hydroxyl groups excluding tert-OH is 4. The van der Waals surface area contributed by atoms with Gasteiger partial charge in [0, 0.05) is 29.5 Å². The molecular formula is C33H38O13. The first-order valence-electron chi connectivity index (χ1n) is 15.3. The van der Waals surface area contributed by atoms with E-state index in [0.717, 1.165) is 50.7 Å². The number of unbranched alkanes of at least 4 members (excludes halogenated alkanes) is 6. The summed E-state index contributed by atoms with van der Waals surface area (Å²) in [7, 11) is 0. The fourth-order valence-corrected chi connectivity index (χ4v) is 5.84. The Balaban J connectivity index is 1.64. The van der Waals surface area contributed by atoms with E-state index in [1.807, 2.05) is 0 Å². The number of aromatic hydroxyl groups is 3. The summed E-state index contributed by atoms with van der Waals surface area (Å²) in [5.41, 5.74) is -1.15. The van der Waals surface area contributed by atoms with Crippen molar-refractivity contribution in [1.82, 2.24) is 0 Å². The van der Waals surface area contributed by atoms with Crippen molar-refractivity contribution in [3.05, 3.63) is 45.8 Å². The number of phenols is 3. The third-order valence-electron chi connectivity index (χ3n) is 8.30. The molecule has 1 aliphatic heterocycles. The van der Waals surface area contributed by atoms with E-state index in [1.165, 1.54) is 18.6 Å².